The quantitative estimate of drug-likeness (QED) is 0.523. The molecule has 0 heterocycles. The molecule has 3 heteroatoms. The maximum absolute atomic E-state index is 11.5. The van der Waals surface area contributed by atoms with E-state index in [0.29, 0.717) is 11.2 Å². The number of rotatable bonds is 3. The Bertz CT molecular complexity index is 248. The van der Waals surface area contributed by atoms with Gasteiger partial charge in [-0.1, -0.05) is 18.2 Å². The molecule has 64 valence electrons. The Kier molecular flexibility index (Phi) is 3.31. The highest BCUT2D eigenvalue weighted by molar-refractivity contribution is 7.92. The van der Waals surface area contributed by atoms with E-state index >= 15 is 0 Å². The van der Waals surface area contributed by atoms with Gasteiger partial charge in [0.2, 0.25) is 0 Å². The molecule has 0 aliphatic rings. The average molecular weight is 182 g/mol. The second-order valence-corrected chi connectivity index (χ2v) is 4.26. The SMILES string of the molecule is CC(C=O)[S+]([O-])c1ccccc1. The Morgan fingerprint density at radius 3 is 2.50 bits per heavy atom. The maximum Gasteiger partial charge on any atom is 0.173 e. The smallest absolute Gasteiger partial charge is 0.173 e. The Labute approximate surface area is 74.8 Å². The highest BCUT2D eigenvalue weighted by Gasteiger charge is 2.17. The van der Waals surface area contributed by atoms with Crippen molar-refractivity contribution in [1.82, 2.24) is 0 Å². The molecule has 2 atom stereocenters. The second-order valence-electron chi connectivity index (χ2n) is 2.45. The van der Waals surface area contributed by atoms with Gasteiger partial charge in [-0.3, -0.25) is 4.79 Å². The number of hydrogen-bond donors (Lipinski definition) is 0. The zero-order chi connectivity index (χ0) is 8.97. The summed E-state index contributed by atoms with van der Waals surface area (Å²) in [5.74, 6) is 0. The maximum atomic E-state index is 11.5. The van der Waals surface area contributed by atoms with Crippen LogP contribution in [0.15, 0.2) is 35.2 Å². The summed E-state index contributed by atoms with van der Waals surface area (Å²) in [4.78, 5) is 11.0. The molecule has 0 spiro atoms. The number of benzene rings is 1. The predicted octanol–water partition coefficient (Wildman–Crippen LogP) is 1.38. The van der Waals surface area contributed by atoms with Crippen LogP contribution >= 0.6 is 0 Å². The van der Waals surface area contributed by atoms with Crippen LogP contribution in [-0.4, -0.2) is 16.1 Å². The van der Waals surface area contributed by atoms with E-state index in [1.54, 1.807) is 19.1 Å². The molecule has 2 unspecified atom stereocenters. The summed E-state index contributed by atoms with van der Waals surface area (Å²) < 4.78 is 11.5. The molecule has 0 aliphatic heterocycles. The molecule has 0 aromatic heterocycles. The number of aldehydes is 1. The summed E-state index contributed by atoms with van der Waals surface area (Å²) in [6.07, 6.45) is 0.711. The lowest BCUT2D eigenvalue weighted by Crippen LogP contribution is -2.18. The molecule has 2 nitrogen and oxygen atoms in total. The van der Waals surface area contributed by atoms with Crippen LogP contribution in [0.2, 0.25) is 0 Å². The number of carbonyl (C=O) groups excluding carboxylic acids is 1. The van der Waals surface area contributed by atoms with Crippen molar-refractivity contribution in [3.8, 4) is 0 Å². The monoisotopic (exact) mass is 182 g/mol. The molecule has 0 aliphatic carbocycles. The van der Waals surface area contributed by atoms with Crippen molar-refractivity contribution < 1.29 is 9.35 Å². The minimum Gasteiger partial charge on any atom is -0.611 e. The molecule has 0 radical (unpaired) electrons. The molecule has 1 rings (SSSR count). The fourth-order valence-corrected chi connectivity index (χ4v) is 1.78. The summed E-state index contributed by atoms with van der Waals surface area (Å²) in [6, 6.07) is 8.99. The van der Waals surface area contributed by atoms with Crippen LogP contribution in [0.1, 0.15) is 6.92 Å². The topological polar surface area (TPSA) is 40.1 Å². The zero-order valence-electron chi connectivity index (χ0n) is 6.77. The first kappa shape index (κ1) is 9.29. The standard InChI is InChI=1S/C9H10O2S/c1-8(7-10)12(11)9-5-3-2-4-6-9/h2-8H,1H3. The van der Waals surface area contributed by atoms with E-state index in [-0.39, 0.29) is 0 Å². The van der Waals surface area contributed by atoms with Gasteiger partial charge in [0, 0.05) is 0 Å². The van der Waals surface area contributed by atoms with Crippen molar-refractivity contribution in [3.05, 3.63) is 30.3 Å². The van der Waals surface area contributed by atoms with E-state index in [0.717, 1.165) is 0 Å². The van der Waals surface area contributed by atoms with Gasteiger partial charge in [0.1, 0.15) is 0 Å². The normalized spacial score (nSPS) is 15.2. The van der Waals surface area contributed by atoms with E-state index in [4.69, 9.17) is 0 Å². The number of carbonyl (C=O) groups is 1. The van der Waals surface area contributed by atoms with E-state index in [9.17, 15) is 9.35 Å². The first-order valence-corrected chi connectivity index (χ1v) is 4.88. The third-order valence-corrected chi connectivity index (χ3v) is 3.03. The van der Waals surface area contributed by atoms with Crippen LogP contribution in [0.5, 0.6) is 0 Å². The van der Waals surface area contributed by atoms with Crippen molar-refractivity contribution in [3.63, 3.8) is 0 Å². The minimum absolute atomic E-state index is 0.424. The molecule has 1 aromatic rings. The Hall–Kier alpha value is -0.800. The summed E-state index contributed by atoms with van der Waals surface area (Å²) in [5.41, 5.74) is 0. The zero-order valence-corrected chi connectivity index (χ0v) is 7.58. The van der Waals surface area contributed by atoms with E-state index in [2.05, 4.69) is 0 Å². The Morgan fingerprint density at radius 1 is 1.42 bits per heavy atom. The van der Waals surface area contributed by atoms with Crippen molar-refractivity contribution >= 4 is 17.5 Å². The summed E-state index contributed by atoms with van der Waals surface area (Å²) in [6.45, 7) is 1.65. The van der Waals surface area contributed by atoms with E-state index in [1.807, 2.05) is 18.2 Å². The van der Waals surface area contributed by atoms with Crippen LogP contribution in [0.3, 0.4) is 0 Å². The molecule has 1 aromatic carbocycles. The van der Waals surface area contributed by atoms with Gasteiger partial charge >= 0.3 is 0 Å². The van der Waals surface area contributed by atoms with Crippen molar-refractivity contribution in [2.45, 2.75) is 17.1 Å². The average Bonchev–Trinajstić information content (AvgIpc) is 2.17. The van der Waals surface area contributed by atoms with E-state index in [1.165, 1.54) is 0 Å². The minimum atomic E-state index is -1.20. The molecule has 0 saturated heterocycles. The van der Waals surface area contributed by atoms with Crippen molar-refractivity contribution in [1.29, 1.82) is 0 Å². The van der Waals surface area contributed by atoms with Gasteiger partial charge in [-0.25, -0.2) is 0 Å². The molecule has 0 bridgehead atoms. The second kappa shape index (κ2) is 4.28. The first-order valence-electron chi connectivity index (χ1n) is 3.66. The molecular formula is C9H10O2S. The van der Waals surface area contributed by atoms with Gasteiger partial charge in [0.05, 0.1) is 0 Å². The van der Waals surface area contributed by atoms with Crippen LogP contribution in [-0.2, 0) is 16.0 Å². The summed E-state index contributed by atoms with van der Waals surface area (Å²) >= 11 is -1.20. The van der Waals surface area contributed by atoms with Crippen molar-refractivity contribution in [2.24, 2.45) is 0 Å². The lowest BCUT2D eigenvalue weighted by Gasteiger charge is -2.11. The van der Waals surface area contributed by atoms with Crippen LogP contribution in [0, 0.1) is 0 Å². The third kappa shape index (κ3) is 2.09. The first-order chi connectivity index (χ1) is 5.75. The Balaban J connectivity index is 2.78. The van der Waals surface area contributed by atoms with E-state index < -0.39 is 16.4 Å². The van der Waals surface area contributed by atoms with Crippen LogP contribution in [0.25, 0.3) is 0 Å². The lowest BCUT2D eigenvalue weighted by molar-refractivity contribution is -0.107. The fourth-order valence-electron chi connectivity index (χ4n) is 0.820. The van der Waals surface area contributed by atoms with Gasteiger partial charge in [-0.2, -0.15) is 0 Å². The summed E-state index contributed by atoms with van der Waals surface area (Å²) in [7, 11) is 0. The third-order valence-electron chi connectivity index (χ3n) is 1.50. The van der Waals surface area contributed by atoms with Gasteiger partial charge in [-0.05, 0) is 30.2 Å². The molecule has 0 saturated carbocycles. The Morgan fingerprint density at radius 2 is 2.00 bits per heavy atom. The fraction of sp³-hybridized carbons (Fsp3) is 0.222. The predicted molar refractivity (Wildman–Crippen MR) is 48.4 cm³/mol. The largest absolute Gasteiger partial charge is 0.611 e. The van der Waals surface area contributed by atoms with Crippen LogP contribution in [0.4, 0.5) is 0 Å². The van der Waals surface area contributed by atoms with Gasteiger partial charge in [0.15, 0.2) is 16.4 Å². The van der Waals surface area contributed by atoms with Crippen molar-refractivity contribution in [2.75, 3.05) is 0 Å². The van der Waals surface area contributed by atoms with Crippen LogP contribution < -0.4 is 0 Å². The lowest BCUT2D eigenvalue weighted by atomic mass is 10.4. The molecule has 12 heavy (non-hydrogen) atoms. The number of hydrogen-bond acceptors (Lipinski definition) is 2. The van der Waals surface area contributed by atoms with Gasteiger partial charge < -0.3 is 4.55 Å². The van der Waals surface area contributed by atoms with Gasteiger partial charge in [-0.15, -0.1) is 0 Å². The van der Waals surface area contributed by atoms with Gasteiger partial charge in [0.25, 0.3) is 0 Å². The molecule has 0 amide bonds. The molecule has 0 N–H and O–H groups in total. The highest BCUT2D eigenvalue weighted by Crippen LogP contribution is 2.13. The highest BCUT2D eigenvalue weighted by atomic mass is 32.2. The molecular weight excluding hydrogens is 172 g/mol. The summed E-state index contributed by atoms with van der Waals surface area (Å²) in [5, 5.41) is -0.424. The molecule has 0 fully saturated rings.